The third-order valence-corrected chi connectivity index (χ3v) is 3.60. The Bertz CT molecular complexity index is 340. The van der Waals surface area contributed by atoms with Crippen LogP contribution in [0.2, 0.25) is 0 Å². The minimum atomic E-state index is 0.136. The molecule has 1 fully saturated rings. The summed E-state index contributed by atoms with van der Waals surface area (Å²) in [4.78, 5) is 14.9. The summed E-state index contributed by atoms with van der Waals surface area (Å²) in [5, 5.41) is 12.0. The van der Waals surface area contributed by atoms with Gasteiger partial charge >= 0.3 is 0 Å². The highest BCUT2D eigenvalue weighted by Crippen LogP contribution is 2.28. The lowest BCUT2D eigenvalue weighted by Gasteiger charge is -2.26. The molecule has 0 atom stereocenters. The van der Waals surface area contributed by atoms with E-state index in [0.29, 0.717) is 12.5 Å². The minimum Gasteiger partial charge on any atom is -0.396 e. The molecule has 0 aromatic carbocycles. The van der Waals surface area contributed by atoms with Gasteiger partial charge in [0.25, 0.3) is 0 Å². The fourth-order valence-electron chi connectivity index (χ4n) is 2.41. The second-order valence-corrected chi connectivity index (χ2v) is 4.84. The van der Waals surface area contributed by atoms with Crippen LogP contribution in [-0.4, -0.2) is 22.6 Å². The van der Waals surface area contributed by atoms with Gasteiger partial charge in [-0.15, -0.1) is 0 Å². The van der Waals surface area contributed by atoms with E-state index in [1.54, 1.807) is 0 Å². The van der Waals surface area contributed by atoms with Gasteiger partial charge in [-0.25, -0.2) is 0 Å². The number of aromatic nitrogens is 1. The summed E-state index contributed by atoms with van der Waals surface area (Å²) in [6, 6.07) is 1.96. The maximum atomic E-state index is 11.9. The van der Waals surface area contributed by atoms with Gasteiger partial charge in [-0.1, -0.05) is 0 Å². The van der Waals surface area contributed by atoms with Crippen molar-refractivity contribution in [3.63, 3.8) is 0 Å². The summed E-state index contributed by atoms with van der Waals surface area (Å²) < 4.78 is 0. The highest BCUT2D eigenvalue weighted by molar-refractivity contribution is 5.78. The Morgan fingerprint density at radius 1 is 1.41 bits per heavy atom. The third-order valence-electron chi connectivity index (χ3n) is 3.60. The molecule has 0 saturated heterocycles. The van der Waals surface area contributed by atoms with Gasteiger partial charge in [-0.3, -0.25) is 4.79 Å². The van der Waals surface area contributed by atoms with Crippen molar-refractivity contribution in [2.24, 2.45) is 11.8 Å². The molecule has 1 amide bonds. The second-order valence-electron chi connectivity index (χ2n) is 4.84. The quantitative estimate of drug-likeness (QED) is 0.740. The Kier molecular flexibility index (Phi) is 4.20. The van der Waals surface area contributed by atoms with E-state index in [-0.39, 0.29) is 18.4 Å². The Morgan fingerprint density at radius 2 is 2.18 bits per heavy atom. The molecule has 94 valence electrons. The van der Waals surface area contributed by atoms with Crippen LogP contribution >= 0.6 is 0 Å². The van der Waals surface area contributed by atoms with Crippen molar-refractivity contribution in [2.45, 2.75) is 32.2 Å². The van der Waals surface area contributed by atoms with E-state index in [1.807, 2.05) is 18.5 Å². The maximum absolute atomic E-state index is 11.9. The standard InChI is InChI=1S/C13H20N2O2/c16-9-10-1-3-12(4-2-10)13(17)15-8-11-5-6-14-7-11/h5-7,10,12,14,16H,1-4,8-9H2,(H,15,17). The normalized spacial score (nSPS) is 24.5. The van der Waals surface area contributed by atoms with Crippen molar-refractivity contribution in [3.05, 3.63) is 24.0 Å². The van der Waals surface area contributed by atoms with E-state index < -0.39 is 0 Å². The molecule has 0 aliphatic heterocycles. The van der Waals surface area contributed by atoms with Crippen molar-refractivity contribution < 1.29 is 9.90 Å². The molecule has 1 aliphatic carbocycles. The molecule has 4 nitrogen and oxygen atoms in total. The number of nitrogens with one attached hydrogen (secondary N) is 2. The van der Waals surface area contributed by atoms with E-state index in [2.05, 4.69) is 10.3 Å². The largest absolute Gasteiger partial charge is 0.396 e. The van der Waals surface area contributed by atoms with Gasteiger partial charge in [-0.2, -0.15) is 0 Å². The van der Waals surface area contributed by atoms with Crippen LogP contribution in [0.3, 0.4) is 0 Å². The van der Waals surface area contributed by atoms with Crippen LogP contribution in [0.4, 0.5) is 0 Å². The SMILES string of the molecule is O=C(NCc1cc[nH]c1)C1CCC(CO)CC1. The molecule has 2 rings (SSSR count). The lowest BCUT2D eigenvalue weighted by molar-refractivity contribution is -0.126. The first-order valence-corrected chi connectivity index (χ1v) is 6.30. The van der Waals surface area contributed by atoms with Crippen molar-refractivity contribution in [1.82, 2.24) is 10.3 Å². The monoisotopic (exact) mass is 236 g/mol. The van der Waals surface area contributed by atoms with Gasteiger partial charge < -0.3 is 15.4 Å². The fourth-order valence-corrected chi connectivity index (χ4v) is 2.41. The predicted molar refractivity (Wildman–Crippen MR) is 65.2 cm³/mol. The van der Waals surface area contributed by atoms with E-state index in [9.17, 15) is 4.79 Å². The van der Waals surface area contributed by atoms with Gasteiger partial charge in [0.2, 0.25) is 5.91 Å². The minimum absolute atomic E-state index is 0.136. The zero-order chi connectivity index (χ0) is 12.1. The lowest BCUT2D eigenvalue weighted by Crippen LogP contribution is -2.33. The third kappa shape index (κ3) is 3.33. The molecule has 1 aromatic heterocycles. The summed E-state index contributed by atoms with van der Waals surface area (Å²) in [6.45, 7) is 0.861. The van der Waals surface area contributed by atoms with Gasteiger partial charge in [0.15, 0.2) is 0 Å². The number of hydrogen-bond acceptors (Lipinski definition) is 2. The second kappa shape index (κ2) is 5.87. The number of rotatable bonds is 4. The fraction of sp³-hybridized carbons (Fsp3) is 0.615. The smallest absolute Gasteiger partial charge is 0.223 e. The molecular weight excluding hydrogens is 216 g/mol. The number of carbonyl (C=O) groups is 1. The van der Waals surface area contributed by atoms with Crippen LogP contribution in [-0.2, 0) is 11.3 Å². The zero-order valence-electron chi connectivity index (χ0n) is 9.98. The number of aromatic amines is 1. The van der Waals surface area contributed by atoms with E-state index in [1.165, 1.54) is 0 Å². The Balaban J connectivity index is 1.73. The lowest BCUT2D eigenvalue weighted by atomic mass is 9.82. The molecule has 0 radical (unpaired) electrons. The summed E-state index contributed by atoms with van der Waals surface area (Å²) >= 11 is 0. The molecule has 4 heteroatoms. The topological polar surface area (TPSA) is 65.1 Å². The van der Waals surface area contributed by atoms with Crippen LogP contribution in [0.5, 0.6) is 0 Å². The Morgan fingerprint density at radius 3 is 2.76 bits per heavy atom. The Hall–Kier alpha value is -1.29. The van der Waals surface area contributed by atoms with E-state index >= 15 is 0 Å². The maximum Gasteiger partial charge on any atom is 0.223 e. The van der Waals surface area contributed by atoms with Crippen molar-refractivity contribution in [3.8, 4) is 0 Å². The average molecular weight is 236 g/mol. The highest BCUT2D eigenvalue weighted by atomic mass is 16.3. The molecule has 1 saturated carbocycles. The van der Waals surface area contributed by atoms with Crippen LogP contribution in [0.25, 0.3) is 0 Å². The first-order chi connectivity index (χ1) is 8.29. The molecule has 1 aromatic rings. The molecule has 0 bridgehead atoms. The van der Waals surface area contributed by atoms with Crippen molar-refractivity contribution >= 4 is 5.91 Å². The van der Waals surface area contributed by atoms with Crippen molar-refractivity contribution in [2.75, 3.05) is 6.61 Å². The summed E-state index contributed by atoms with van der Waals surface area (Å²) in [5.74, 6) is 0.697. The molecule has 1 aliphatic rings. The number of amides is 1. The van der Waals surface area contributed by atoms with Crippen molar-refractivity contribution in [1.29, 1.82) is 0 Å². The molecular formula is C13H20N2O2. The van der Waals surface area contributed by atoms with Gasteiger partial charge in [-0.05, 0) is 43.2 Å². The number of aliphatic hydroxyl groups is 1. The van der Waals surface area contributed by atoms with E-state index in [0.717, 1.165) is 31.2 Å². The Labute approximate surface area is 101 Å². The van der Waals surface area contributed by atoms with Crippen LogP contribution in [0.1, 0.15) is 31.2 Å². The summed E-state index contributed by atoms with van der Waals surface area (Å²) in [6.07, 6.45) is 7.50. The number of carbonyl (C=O) groups excluding carboxylic acids is 1. The first-order valence-electron chi connectivity index (χ1n) is 6.30. The zero-order valence-corrected chi connectivity index (χ0v) is 9.98. The van der Waals surface area contributed by atoms with Gasteiger partial charge in [0.1, 0.15) is 0 Å². The molecule has 0 unspecified atom stereocenters. The van der Waals surface area contributed by atoms with Gasteiger partial charge in [0.05, 0.1) is 0 Å². The van der Waals surface area contributed by atoms with Crippen LogP contribution in [0.15, 0.2) is 18.5 Å². The summed E-state index contributed by atoms with van der Waals surface area (Å²) in [7, 11) is 0. The van der Waals surface area contributed by atoms with E-state index in [4.69, 9.17) is 5.11 Å². The first kappa shape index (κ1) is 12.2. The molecule has 1 heterocycles. The molecule has 0 spiro atoms. The predicted octanol–water partition coefficient (Wildman–Crippen LogP) is 1.43. The summed E-state index contributed by atoms with van der Waals surface area (Å²) in [5.41, 5.74) is 1.10. The molecule has 3 N–H and O–H groups in total. The highest BCUT2D eigenvalue weighted by Gasteiger charge is 2.25. The number of H-pyrrole nitrogens is 1. The van der Waals surface area contributed by atoms with Crippen LogP contribution < -0.4 is 5.32 Å². The molecule has 17 heavy (non-hydrogen) atoms. The number of hydrogen-bond donors (Lipinski definition) is 3. The number of aliphatic hydroxyl groups excluding tert-OH is 1. The van der Waals surface area contributed by atoms with Crippen LogP contribution in [0, 0.1) is 11.8 Å². The average Bonchev–Trinajstić information content (AvgIpc) is 2.89. The van der Waals surface area contributed by atoms with Gasteiger partial charge in [0, 0.05) is 31.5 Å².